The van der Waals surface area contributed by atoms with Crippen LogP contribution in [-0.4, -0.2) is 24.1 Å². The van der Waals surface area contributed by atoms with Crippen molar-refractivity contribution in [3.05, 3.63) is 24.0 Å². The van der Waals surface area contributed by atoms with E-state index in [2.05, 4.69) is 22.2 Å². The van der Waals surface area contributed by atoms with E-state index in [0.717, 1.165) is 29.0 Å². The van der Waals surface area contributed by atoms with Gasteiger partial charge in [-0.05, 0) is 25.6 Å². The number of nitrogens with zero attached hydrogens (tertiary/aromatic N) is 1. The molecule has 2 N–H and O–H groups in total. The fourth-order valence-corrected chi connectivity index (χ4v) is 1.83. The number of hydrogen-bond acceptors (Lipinski definition) is 3. The third kappa shape index (κ3) is 1.88. The molecule has 1 unspecified atom stereocenters. The largest absolute Gasteiger partial charge is 0.497 e. The predicted molar refractivity (Wildman–Crippen MR) is 64.7 cm³/mol. The van der Waals surface area contributed by atoms with Crippen molar-refractivity contribution >= 4 is 11.0 Å². The fraction of sp³-hybridized carbons (Fsp3) is 0.417. The smallest absolute Gasteiger partial charge is 0.124 e. The first-order chi connectivity index (χ1) is 7.78. The number of hydrogen-bond donors (Lipinski definition) is 2. The monoisotopic (exact) mass is 219 g/mol. The lowest BCUT2D eigenvalue weighted by atomic mass is 10.2. The minimum Gasteiger partial charge on any atom is -0.497 e. The van der Waals surface area contributed by atoms with Crippen LogP contribution in [0.3, 0.4) is 0 Å². The maximum atomic E-state index is 5.18. The van der Waals surface area contributed by atoms with Crippen LogP contribution >= 0.6 is 0 Å². The van der Waals surface area contributed by atoms with Gasteiger partial charge in [-0.3, -0.25) is 0 Å². The van der Waals surface area contributed by atoms with Gasteiger partial charge in [-0.25, -0.2) is 4.98 Å². The molecule has 16 heavy (non-hydrogen) atoms. The molecule has 86 valence electrons. The van der Waals surface area contributed by atoms with E-state index >= 15 is 0 Å². The number of methoxy groups -OCH3 is 1. The minimum atomic E-state index is 0.276. The summed E-state index contributed by atoms with van der Waals surface area (Å²) in [5, 5.41) is 3.23. The zero-order chi connectivity index (χ0) is 11.5. The fourth-order valence-electron chi connectivity index (χ4n) is 1.83. The van der Waals surface area contributed by atoms with Crippen molar-refractivity contribution in [2.24, 2.45) is 0 Å². The summed E-state index contributed by atoms with van der Waals surface area (Å²) >= 11 is 0. The van der Waals surface area contributed by atoms with E-state index in [4.69, 9.17) is 4.74 Å². The average molecular weight is 219 g/mol. The van der Waals surface area contributed by atoms with Gasteiger partial charge in [-0.15, -0.1) is 0 Å². The number of nitrogens with one attached hydrogen (secondary N) is 2. The van der Waals surface area contributed by atoms with Crippen LogP contribution in [0.15, 0.2) is 18.2 Å². The zero-order valence-electron chi connectivity index (χ0n) is 9.87. The van der Waals surface area contributed by atoms with Crippen LogP contribution in [0.1, 0.15) is 25.2 Å². The van der Waals surface area contributed by atoms with Gasteiger partial charge < -0.3 is 15.0 Å². The SMILES string of the molecule is CCC(NC)c1nc2ccc(OC)cc2[nH]1. The van der Waals surface area contributed by atoms with Crippen LogP contribution in [0.2, 0.25) is 0 Å². The van der Waals surface area contributed by atoms with Crippen LogP contribution in [0.25, 0.3) is 11.0 Å². The van der Waals surface area contributed by atoms with Crippen molar-refractivity contribution < 1.29 is 4.74 Å². The first kappa shape index (κ1) is 11.0. The Hall–Kier alpha value is -1.55. The second kappa shape index (κ2) is 4.53. The molecule has 4 nitrogen and oxygen atoms in total. The number of ether oxygens (including phenoxy) is 1. The lowest BCUT2D eigenvalue weighted by Crippen LogP contribution is -2.16. The summed E-state index contributed by atoms with van der Waals surface area (Å²) in [5.74, 6) is 1.83. The lowest BCUT2D eigenvalue weighted by Gasteiger charge is -2.09. The van der Waals surface area contributed by atoms with E-state index in [0.29, 0.717) is 0 Å². The van der Waals surface area contributed by atoms with Crippen molar-refractivity contribution in [3.8, 4) is 5.75 Å². The number of imidazole rings is 1. The van der Waals surface area contributed by atoms with Crippen LogP contribution in [-0.2, 0) is 0 Å². The molecule has 4 heteroatoms. The van der Waals surface area contributed by atoms with Gasteiger partial charge in [0, 0.05) is 6.07 Å². The van der Waals surface area contributed by atoms with E-state index in [1.807, 2.05) is 25.2 Å². The third-order valence-electron chi connectivity index (χ3n) is 2.79. The van der Waals surface area contributed by atoms with E-state index in [-0.39, 0.29) is 6.04 Å². The molecule has 0 bridgehead atoms. The van der Waals surface area contributed by atoms with Crippen LogP contribution in [0.4, 0.5) is 0 Å². The van der Waals surface area contributed by atoms with Crippen molar-refractivity contribution in [1.82, 2.24) is 15.3 Å². The van der Waals surface area contributed by atoms with Crippen LogP contribution < -0.4 is 10.1 Å². The molecule has 0 saturated heterocycles. The number of aromatic amines is 1. The Balaban J connectivity index is 2.43. The standard InChI is InChI=1S/C12H17N3O/c1-4-9(13-2)12-14-10-6-5-8(16-3)7-11(10)15-12/h5-7,9,13H,4H2,1-3H3,(H,14,15). The highest BCUT2D eigenvalue weighted by Gasteiger charge is 2.11. The normalized spacial score (nSPS) is 12.9. The summed E-state index contributed by atoms with van der Waals surface area (Å²) in [6.07, 6.45) is 1.01. The topological polar surface area (TPSA) is 49.9 Å². The van der Waals surface area contributed by atoms with Crippen LogP contribution in [0.5, 0.6) is 5.75 Å². The Labute approximate surface area is 95.0 Å². The summed E-state index contributed by atoms with van der Waals surface area (Å²) in [6.45, 7) is 2.13. The summed E-state index contributed by atoms with van der Waals surface area (Å²) < 4.78 is 5.18. The summed E-state index contributed by atoms with van der Waals surface area (Å²) in [7, 11) is 3.61. The van der Waals surface area contributed by atoms with Gasteiger partial charge in [0.05, 0.1) is 24.2 Å². The van der Waals surface area contributed by atoms with E-state index in [1.165, 1.54) is 0 Å². The van der Waals surface area contributed by atoms with Gasteiger partial charge in [-0.2, -0.15) is 0 Å². The molecule has 1 aromatic carbocycles. The zero-order valence-corrected chi connectivity index (χ0v) is 9.87. The molecule has 0 saturated carbocycles. The highest BCUT2D eigenvalue weighted by atomic mass is 16.5. The Morgan fingerprint density at radius 3 is 2.94 bits per heavy atom. The van der Waals surface area contributed by atoms with Gasteiger partial charge in [0.1, 0.15) is 11.6 Å². The van der Waals surface area contributed by atoms with E-state index in [1.54, 1.807) is 7.11 Å². The first-order valence-corrected chi connectivity index (χ1v) is 5.49. The second-order valence-electron chi connectivity index (χ2n) is 3.75. The van der Waals surface area contributed by atoms with Gasteiger partial charge in [0.15, 0.2) is 0 Å². The van der Waals surface area contributed by atoms with E-state index < -0.39 is 0 Å². The number of fused-ring (bicyclic) bond motifs is 1. The molecule has 0 aliphatic rings. The van der Waals surface area contributed by atoms with Gasteiger partial charge in [0.2, 0.25) is 0 Å². The highest BCUT2D eigenvalue weighted by Crippen LogP contribution is 2.21. The van der Waals surface area contributed by atoms with Crippen molar-refractivity contribution in [2.75, 3.05) is 14.2 Å². The maximum absolute atomic E-state index is 5.18. The van der Waals surface area contributed by atoms with Gasteiger partial charge in [0.25, 0.3) is 0 Å². The molecule has 2 aromatic rings. The average Bonchev–Trinajstić information content (AvgIpc) is 2.72. The maximum Gasteiger partial charge on any atom is 0.124 e. The third-order valence-corrected chi connectivity index (χ3v) is 2.79. The minimum absolute atomic E-state index is 0.276. The molecule has 0 radical (unpaired) electrons. The Bertz CT molecular complexity index is 474. The first-order valence-electron chi connectivity index (χ1n) is 5.49. The molecule has 1 heterocycles. The quantitative estimate of drug-likeness (QED) is 0.829. The second-order valence-corrected chi connectivity index (χ2v) is 3.75. The van der Waals surface area contributed by atoms with Crippen molar-refractivity contribution in [3.63, 3.8) is 0 Å². The molecular weight excluding hydrogens is 202 g/mol. The molecule has 0 aliphatic heterocycles. The molecule has 2 rings (SSSR count). The number of benzene rings is 1. The molecule has 0 amide bonds. The van der Waals surface area contributed by atoms with Gasteiger partial charge in [-0.1, -0.05) is 6.92 Å². The molecule has 0 fully saturated rings. The molecule has 0 aliphatic carbocycles. The van der Waals surface area contributed by atoms with E-state index in [9.17, 15) is 0 Å². The lowest BCUT2D eigenvalue weighted by molar-refractivity contribution is 0.415. The predicted octanol–water partition coefficient (Wildman–Crippen LogP) is 2.24. The molecular formula is C12H17N3O. The van der Waals surface area contributed by atoms with Crippen LogP contribution in [0, 0.1) is 0 Å². The number of H-pyrrole nitrogens is 1. The number of aromatic nitrogens is 2. The molecule has 1 atom stereocenters. The molecule has 0 spiro atoms. The summed E-state index contributed by atoms with van der Waals surface area (Å²) in [6, 6.07) is 6.14. The number of rotatable bonds is 4. The summed E-state index contributed by atoms with van der Waals surface area (Å²) in [4.78, 5) is 7.88. The van der Waals surface area contributed by atoms with Crippen molar-refractivity contribution in [1.29, 1.82) is 0 Å². The molecule has 1 aromatic heterocycles. The Morgan fingerprint density at radius 2 is 2.31 bits per heavy atom. The summed E-state index contributed by atoms with van der Waals surface area (Å²) in [5.41, 5.74) is 1.99. The van der Waals surface area contributed by atoms with Crippen molar-refractivity contribution in [2.45, 2.75) is 19.4 Å². The van der Waals surface area contributed by atoms with Gasteiger partial charge >= 0.3 is 0 Å². The Kier molecular flexibility index (Phi) is 3.10. The Morgan fingerprint density at radius 1 is 1.50 bits per heavy atom. The highest BCUT2D eigenvalue weighted by molar-refractivity contribution is 5.76.